The van der Waals surface area contributed by atoms with Crippen LogP contribution in [0, 0.1) is 0 Å². The molecule has 0 aliphatic rings. The van der Waals surface area contributed by atoms with Crippen LogP contribution in [0.4, 0.5) is 0 Å². The maximum Gasteiger partial charge on any atom is 0.0998 e. The molecule has 0 fully saturated rings. The Bertz CT molecular complexity index is 499. The van der Waals surface area contributed by atoms with Gasteiger partial charge in [-0.1, -0.05) is 38.1 Å². The summed E-state index contributed by atoms with van der Waals surface area (Å²) in [6.07, 6.45) is 2.77. The van der Waals surface area contributed by atoms with Gasteiger partial charge in [0.2, 0.25) is 0 Å². The minimum atomic E-state index is -0.0336. The van der Waals surface area contributed by atoms with E-state index in [0.717, 1.165) is 17.8 Å². The molecule has 2 aromatic rings. The molecule has 0 saturated heterocycles. The van der Waals surface area contributed by atoms with Crippen molar-refractivity contribution in [2.45, 2.75) is 39.2 Å². The molecule has 4 heteroatoms. The van der Waals surface area contributed by atoms with Crippen molar-refractivity contribution in [1.82, 2.24) is 15.0 Å². The summed E-state index contributed by atoms with van der Waals surface area (Å²) < 4.78 is 1.77. The Hall–Kier alpha value is -1.68. The highest BCUT2D eigenvalue weighted by Gasteiger charge is 2.09. The average molecular weight is 244 g/mol. The van der Waals surface area contributed by atoms with Crippen molar-refractivity contribution < 1.29 is 0 Å². The fourth-order valence-electron chi connectivity index (χ4n) is 1.79. The third kappa shape index (κ3) is 2.59. The van der Waals surface area contributed by atoms with E-state index in [1.165, 1.54) is 5.56 Å². The van der Waals surface area contributed by atoms with Crippen molar-refractivity contribution in [3.05, 3.63) is 41.7 Å². The molecule has 96 valence electrons. The SMILES string of the molecule is CCC(N)c1cn(-c2ccc(C(C)C)cc2)nn1. The first kappa shape index (κ1) is 12.8. The second kappa shape index (κ2) is 5.31. The van der Waals surface area contributed by atoms with Crippen LogP contribution >= 0.6 is 0 Å². The van der Waals surface area contributed by atoms with Gasteiger partial charge in [0.1, 0.15) is 0 Å². The molecule has 2 rings (SSSR count). The average Bonchev–Trinajstić information content (AvgIpc) is 2.87. The summed E-state index contributed by atoms with van der Waals surface area (Å²) >= 11 is 0. The maximum atomic E-state index is 5.93. The lowest BCUT2D eigenvalue weighted by molar-refractivity contribution is 0.670. The standard InChI is InChI=1S/C14H20N4/c1-4-13(15)14-9-18(17-16-14)12-7-5-11(6-8-12)10(2)3/h5-10,13H,4,15H2,1-3H3. The fourth-order valence-corrected chi connectivity index (χ4v) is 1.79. The van der Waals surface area contributed by atoms with E-state index >= 15 is 0 Å². The Balaban J connectivity index is 2.23. The molecule has 1 atom stereocenters. The van der Waals surface area contributed by atoms with Gasteiger partial charge in [0.25, 0.3) is 0 Å². The normalized spacial score (nSPS) is 12.9. The molecule has 4 nitrogen and oxygen atoms in total. The number of nitrogens with two attached hydrogens (primary N) is 1. The zero-order valence-corrected chi connectivity index (χ0v) is 11.2. The second-order valence-corrected chi connectivity index (χ2v) is 4.85. The molecule has 0 bridgehead atoms. The van der Waals surface area contributed by atoms with Gasteiger partial charge in [-0.3, -0.25) is 0 Å². The highest BCUT2D eigenvalue weighted by atomic mass is 15.4. The van der Waals surface area contributed by atoms with Gasteiger partial charge in [0.15, 0.2) is 0 Å². The lowest BCUT2D eigenvalue weighted by Crippen LogP contribution is -2.08. The van der Waals surface area contributed by atoms with E-state index in [1.807, 2.05) is 13.1 Å². The number of hydrogen-bond acceptors (Lipinski definition) is 3. The molecule has 0 aliphatic carbocycles. The van der Waals surface area contributed by atoms with Gasteiger partial charge < -0.3 is 5.73 Å². The number of rotatable bonds is 4. The molecular formula is C14H20N4. The van der Waals surface area contributed by atoms with E-state index in [0.29, 0.717) is 5.92 Å². The van der Waals surface area contributed by atoms with Crippen molar-refractivity contribution in [2.24, 2.45) is 5.73 Å². The lowest BCUT2D eigenvalue weighted by atomic mass is 10.0. The van der Waals surface area contributed by atoms with Crippen LogP contribution in [0.25, 0.3) is 5.69 Å². The van der Waals surface area contributed by atoms with Crippen LogP contribution in [0.15, 0.2) is 30.5 Å². The van der Waals surface area contributed by atoms with Crippen LogP contribution < -0.4 is 5.73 Å². The highest BCUT2D eigenvalue weighted by Crippen LogP contribution is 2.17. The van der Waals surface area contributed by atoms with Crippen LogP contribution in [-0.2, 0) is 0 Å². The summed E-state index contributed by atoms with van der Waals surface area (Å²) in [6.45, 7) is 6.41. The fraction of sp³-hybridized carbons (Fsp3) is 0.429. The van der Waals surface area contributed by atoms with E-state index in [4.69, 9.17) is 5.73 Å². The minimum absolute atomic E-state index is 0.0336. The molecule has 0 radical (unpaired) electrons. The minimum Gasteiger partial charge on any atom is -0.323 e. The molecule has 1 aromatic heterocycles. The summed E-state index contributed by atoms with van der Waals surface area (Å²) in [7, 11) is 0. The van der Waals surface area contributed by atoms with E-state index in [1.54, 1.807) is 4.68 Å². The number of aromatic nitrogens is 3. The second-order valence-electron chi connectivity index (χ2n) is 4.85. The number of benzene rings is 1. The van der Waals surface area contributed by atoms with E-state index < -0.39 is 0 Å². The maximum absolute atomic E-state index is 5.93. The van der Waals surface area contributed by atoms with E-state index in [-0.39, 0.29) is 6.04 Å². The molecular weight excluding hydrogens is 224 g/mol. The highest BCUT2D eigenvalue weighted by molar-refractivity contribution is 5.35. The Morgan fingerprint density at radius 2 is 1.89 bits per heavy atom. The van der Waals surface area contributed by atoms with Gasteiger partial charge in [-0.15, -0.1) is 5.10 Å². The van der Waals surface area contributed by atoms with Crippen LogP contribution in [0.2, 0.25) is 0 Å². The van der Waals surface area contributed by atoms with Gasteiger partial charge in [-0.2, -0.15) is 0 Å². The lowest BCUT2D eigenvalue weighted by Gasteiger charge is -2.06. The van der Waals surface area contributed by atoms with Crippen molar-refractivity contribution >= 4 is 0 Å². The molecule has 0 amide bonds. The van der Waals surface area contributed by atoms with Crippen LogP contribution in [-0.4, -0.2) is 15.0 Å². The zero-order chi connectivity index (χ0) is 13.1. The van der Waals surface area contributed by atoms with Crippen molar-refractivity contribution in [3.8, 4) is 5.69 Å². The molecule has 2 N–H and O–H groups in total. The predicted octanol–water partition coefficient (Wildman–Crippen LogP) is 2.80. The first-order valence-corrected chi connectivity index (χ1v) is 6.40. The number of hydrogen-bond donors (Lipinski definition) is 1. The smallest absolute Gasteiger partial charge is 0.0998 e. The Labute approximate surface area is 108 Å². The Morgan fingerprint density at radius 1 is 1.22 bits per heavy atom. The Morgan fingerprint density at radius 3 is 2.44 bits per heavy atom. The van der Waals surface area contributed by atoms with Gasteiger partial charge in [0.05, 0.1) is 23.6 Å². The molecule has 0 saturated carbocycles. The third-order valence-corrected chi connectivity index (χ3v) is 3.16. The van der Waals surface area contributed by atoms with Gasteiger partial charge in [-0.05, 0) is 30.0 Å². The van der Waals surface area contributed by atoms with Crippen LogP contribution in [0.1, 0.15) is 50.4 Å². The first-order chi connectivity index (χ1) is 8.61. The van der Waals surface area contributed by atoms with Crippen molar-refractivity contribution in [3.63, 3.8) is 0 Å². The molecule has 1 aromatic carbocycles. The summed E-state index contributed by atoms with van der Waals surface area (Å²) in [5, 5.41) is 8.23. The molecule has 1 unspecified atom stereocenters. The summed E-state index contributed by atoms with van der Waals surface area (Å²) in [5.41, 5.74) is 9.11. The third-order valence-electron chi connectivity index (χ3n) is 3.16. The van der Waals surface area contributed by atoms with Gasteiger partial charge in [0, 0.05) is 0 Å². The first-order valence-electron chi connectivity index (χ1n) is 6.40. The molecule has 1 heterocycles. The van der Waals surface area contributed by atoms with Crippen LogP contribution in [0.3, 0.4) is 0 Å². The predicted molar refractivity (Wildman–Crippen MR) is 72.7 cm³/mol. The Kier molecular flexibility index (Phi) is 3.77. The molecule has 0 aliphatic heterocycles. The quantitative estimate of drug-likeness (QED) is 0.899. The van der Waals surface area contributed by atoms with Crippen molar-refractivity contribution in [2.75, 3.05) is 0 Å². The van der Waals surface area contributed by atoms with Gasteiger partial charge >= 0.3 is 0 Å². The summed E-state index contributed by atoms with van der Waals surface area (Å²) in [5.74, 6) is 0.541. The van der Waals surface area contributed by atoms with Crippen molar-refractivity contribution in [1.29, 1.82) is 0 Å². The molecule has 18 heavy (non-hydrogen) atoms. The monoisotopic (exact) mass is 244 g/mol. The van der Waals surface area contributed by atoms with E-state index in [9.17, 15) is 0 Å². The summed E-state index contributed by atoms with van der Waals surface area (Å²) in [6, 6.07) is 8.34. The van der Waals surface area contributed by atoms with Gasteiger partial charge in [-0.25, -0.2) is 4.68 Å². The zero-order valence-electron chi connectivity index (χ0n) is 11.2. The van der Waals surface area contributed by atoms with Crippen LogP contribution in [0.5, 0.6) is 0 Å². The summed E-state index contributed by atoms with van der Waals surface area (Å²) in [4.78, 5) is 0. The van der Waals surface area contributed by atoms with E-state index in [2.05, 4.69) is 48.4 Å². The number of nitrogens with zero attached hydrogens (tertiary/aromatic N) is 3. The largest absolute Gasteiger partial charge is 0.323 e. The molecule has 0 spiro atoms. The topological polar surface area (TPSA) is 56.7 Å².